The van der Waals surface area contributed by atoms with E-state index in [0.29, 0.717) is 10.9 Å². The van der Waals surface area contributed by atoms with Crippen molar-refractivity contribution in [3.8, 4) is 0 Å². The second-order valence-electron chi connectivity index (χ2n) is 3.14. The molecule has 0 bridgehead atoms. The van der Waals surface area contributed by atoms with Gasteiger partial charge < -0.3 is 5.11 Å². The summed E-state index contributed by atoms with van der Waals surface area (Å²) in [7, 11) is 0. The minimum absolute atomic E-state index is 0.249. The third-order valence-corrected chi connectivity index (χ3v) is 2.44. The van der Waals surface area contributed by atoms with Gasteiger partial charge in [0.1, 0.15) is 5.82 Å². The summed E-state index contributed by atoms with van der Waals surface area (Å²) < 4.78 is 13.3. The lowest BCUT2D eigenvalue weighted by Crippen LogP contribution is -2.01. The molecule has 0 aromatic heterocycles. The van der Waals surface area contributed by atoms with Crippen LogP contribution in [0.4, 0.5) is 4.39 Å². The highest BCUT2D eigenvalue weighted by Gasteiger charge is 2.01. The Hall–Kier alpha value is -0.410. The number of halogens is 2. The van der Waals surface area contributed by atoms with Crippen molar-refractivity contribution in [3.63, 3.8) is 0 Å². The summed E-state index contributed by atoms with van der Waals surface area (Å²) in [5.74, 6) is -0.249. The van der Waals surface area contributed by atoms with Gasteiger partial charge in [-0.2, -0.15) is 0 Å². The zero-order valence-corrected chi connectivity index (χ0v) is 9.01. The van der Waals surface area contributed by atoms with Crippen molar-refractivity contribution in [1.82, 2.24) is 0 Å². The molecule has 1 rings (SSSR count). The molecule has 72 valence electrons. The molecule has 1 atom stereocenters. The van der Waals surface area contributed by atoms with Crippen LogP contribution >= 0.6 is 15.9 Å². The van der Waals surface area contributed by atoms with Crippen molar-refractivity contribution in [2.24, 2.45) is 0 Å². The van der Waals surface area contributed by atoms with Crippen LogP contribution in [0.5, 0.6) is 0 Å². The molecule has 1 aromatic rings. The fourth-order valence-corrected chi connectivity index (χ4v) is 1.50. The molecule has 0 fully saturated rings. The summed E-state index contributed by atoms with van der Waals surface area (Å²) in [6.07, 6.45) is 1.18. The first-order chi connectivity index (χ1) is 6.09. The van der Waals surface area contributed by atoms with Gasteiger partial charge in [-0.1, -0.05) is 6.07 Å². The van der Waals surface area contributed by atoms with Gasteiger partial charge in [-0.25, -0.2) is 4.39 Å². The van der Waals surface area contributed by atoms with Gasteiger partial charge >= 0.3 is 0 Å². The van der Waals surface area contributed by atoms with Gasteiger partial charge in [-0.3, -0.25) is 0 Å². The fraction of sp³-hybridized carbons (Fsp3) is 0.400. The van der Waals surface area contributed by atoms with Crippen LogP contribution in [-0.2, 0) is 6.42 Å². The van der Waals surface area contributed by atoms with Crippen LogP contribution in [-0.4, -0.2) is 11.2 Å². The summed E-state index contributed by atoms with van der Waals surface area (Å²) in [6, 6.07) is 4.92. The van der Waals surface area contributed by atoms with Crippen molar-refractivity contribution in [1.29, 1.82) is 0 Å². The molecule has 0 spiro atoms. The highest BCUT2D eigenvalue weighted by atomic mass is 79.9. The largest absolute Gasteiger partial charge is 0.393 e. The standard InChI is InChI=1S/C10H12BrFO/c1-7(13)2-3-8-4-5-10(12)9(11)6-8/h4-7,13H,2-3H2,1H3/t7-/m0/s1. The summed E-state index contributed by atoms with van der Waals surface area (Å²) in [4.78, 5) is 0. The average Bonchev–Trinajstić information content (AvgIpc) is 2.07. The lowest BCUT2D eigenvalue weighted by Gasteiger charge is -2.04. The Kier molecular flexibility index (Phi) is 3.88. The van der Waals surface area contributed by atoms with Crippen molar-refractivity contribution < 1.29 is 9.50 Å². The molecule has 1 nitrogen and oxygen atoms in total. The number of benzene rings is 1. The lowest BCUT2D eigenvalue weighted by atomic mass is 10.1. The monoisotopic (exact) mass is 246 g/mol. The molecule has 1 N–H and O–H groups in total. The highest BCUT2D eigenvalue weighted by molar-refractivity contribution is 9.10. The molecule has 1 aromatic carbocycles. The SMILES string of the molecule is C[C@H](O)CCc1ccc(F)c(Br)c1. The van der Waals surface area contributed by atoms with E-state index in [4.69, 9.17) is 5.11 Å². The first-order valence-corrected chi connectivity index (χ1v) is 5.01. The quantitative estimate of drug-likeness (QED) is 0.870. The van der Waals surface area contributed by atoms with Gasteiger partial charge in [-0.15, -0.1) is 0 Å². The Morgan fingerprint density at radius 1 is 1.54 bits per heavy atom. The van der Waals surface area contributed by atoms with Gasteiger partial charge in [0.15, 0.2) is 0 Å². The third kappa shape index (κ3) is 3.44. The Labute approximate surface area is 85.7 Å². The van der Waals surface area contributed by atoms with Gasteiger partial charge in [-0.05, 0) is 53.4 Å². The Morgan fingerprint density at radius 2 is 2.23 bits per heavy atom. The zero-order chi connectivity index (χ0) is 9.84. The van der Waals surface area contributed by atoms with Crippen LogP contribution in [0.3, 0.4) is 0 Å². The molecule has 0 aliphatic carbocycles. The minimum Gasteiger partial charge on any atom is -0.393 e. The van der Waals surface area contributed by atoms with Crippen LogP contribution in [0, 0.1) is 5.82 Å². The molecule has 0 saturated heterocycles. The first kappa shape index (κ1) is 10.7. The van der Waals surface area contributed by atoms with Crippen molar-refractivity contribution in [3.05, 3.63) is 34.1 Å². The van der Waals surface area contributed by atoms with E-state index in [0.717, 1.165) is 12.0 Å². The molecule has 0 radical (unpaired) electrons. The third-order valence-electron chi connectivity index (χ3n) is 1.83. The van der Waals surface area contributed by atoms with E-state index in [9.17, 15) is 4.39 Å². The number of aliphatic hydroxyl groups is 1. The summed E-state index contributed by atoms with van der Waals surface area (Å²) in [5.41, 5.74) is 1.04. The van der Waals surface area contributed by atoms with E-state index in [-0.39, 0.29) is 11.9 Å². The number of hydrogen-bond donors (Lipinski definition) is 1. The number of aliphatic hydroxyl groups excluding tert-OH is 1. The van der Waals surface area contributed by atoms with Crippen LogP contribution in [0.25, 0.3) is 0 Å². The van der Waals surface area contributed by atoms with E-state index in [1.54, 1.807) is 19.1 Å². The second kappa shape index (κ2) is 4.72. The van der Waals surface area contributed by atoms with E-state index in [1.807, 2.05) is 0 Å². The molecular weight excluding hydrogens is 235 g/mol. The molecule has 0 saturated carbocycles. The highest BCUT2D eigenvalue weighted by Crippen LogP contribution is 2.17. The van der Waals surface area contributed by atoms with E-state index >= 15 is 0 Å². The molecule has 0 unspecified atom stereocenters. The molecular formula is C10H12BrFO. The van der Waals surface area contributed by atoms with Gasteiger partial charge in [0.25, 0.3) is 0 Å². The van der Waals surface area contributed by atoms with Crippen molar-refractivity contribution in [2.75, 3.05) is 0 Å². The van der Waals surface area contributed by atoms with Crippen LogP contribution in [0.1, 0.15) is 18.9 Å². The molecule has 0 heterocycles. The fourth-order valence-electron chi connectivity index (χ4n) is 1.07. The predicted molar refractivity (Wildman–Crippen MR) is 54.1 cm³/mol. The van der Waals surface area contributed by atoms with E-state index in [2.05, 4.69) is 15.9 Å². The normalized spacial score (nSPS) is 12.9. The average molecular weight is 247 g/mol. The van der Waals surface area contributed by atoms with E-state index < -0.39 is 0 Å². The maximum Gasteiger partial charge on any atom is 0.137 e. The molecule has 0 aliphatic rings. The van der Waals surface area contributed by atoms with E-state index in [1.165, 1.54) is 6.07 Å². The lowest BCUT2D eigenvalue weighted by molar-refractivity contribution is 0.185. The summed E-state index contributed by atoms with van der Waals surface area (Å²) >= 11 is 3.12. The smallest absolute Gasteiger partial charge is 0.137 e. The maximum absolute atomic E-state index is 12.8. The van der Waals surface area contributed by atoms with Crippen LogP contribution in [0.15, 0.2) is 22.7 Å². The Bertz CT molecular complexity index is 286. The summed E-state index contributed by atoms with van der Waals surface area (Å²) in [6.45, 7) is 1.75. The Morgan fingerprint density at radius 3 is 2.77 bits per heavy atom. The van der Waals surface area contributed by atoms with Gasteiger partial charge in [0.2, 0.25) is 0 Å². The van der Waals surface area contributed by atoms with Crippen molar-refractivity contribution in [2.45, 2.75) is 25.9 Å². The predicted octanol–water partition coefficient (Wildman–Crippen LogP) is 2.90. The minimum atomic E-state index is -0.302. The van der Waals surface area contributed by atoms with Gasteiger partial charge in [0, 0.05) is 0 Å². The van der Waals surface area contributed by atoms with Crippen LogP contribution in [0.2, 0.25) is 0 Å². The van der Waals surface area contributed by atoms with Gasteiger partial charge in [0.05, 0.1) is 10.6 Å². The second-order valence-corrected chi connectivity index (χ2v) is 3.99. The topological polar surface area (TPSA) is 20.2 Å². The summed E-state index contributed by atoms with van der Waals surface area (Å²) in [5, 5.41) is 9.05. The molecule has 13 heavy (non-hydrogen) atoms. The zero-order valence-electron chi connectivity index (χ0n) is 7.43. The van der Waals surface area contributed by atoms with Crippen molar-refractivity contribution >= 4 is 15.9 Å². The first-order valence-electron chi connectivity index (χ1n) is 4.21. The molecule has 3 heteroatoms. The molecule has 0 aliphatic heterocycles. The van der Waals surface area contributed by atoms with Crippen LogP contribution < -0.4 is 0 Å². The maximum atomic E-state index is 12.8. The number of aryl methyl sites for hydroxylation is 1. The number of hydrogen-bond acceptors (Lipinski definition) is 1. The number of rotatable bonds is 3. The molecule has 0 amide bonds. The Balaban J connectivity index is 2.63.